The number of nitrogens with one attached hydrogen (secondary N) is 1. The molecule has 0 atom stereocenters. The van der Waals surface area contributed by atoms with Crippen LogP contribution in [0.4, 0.5) is 0 Å². The third kappa shape index (κ3) is 5.09. The molecule has 162 valence electrons. The fourth-order valence-electron chi connectivity index (χ4n) is 4.18. The summed E-state index contributed by atoms with van der Waals surface area (Å²) in [6.07, 6.45) is 5.00. The molecular weight excluding hydrogens is 382 g/mol. The first kappa shape index (κ1) is 21.0. The van der Waals surface area contributed by atoms with Gasteiger partial charge in [-0.15, -0.1) is 0 Å². The van der Waals surface area contributed by atoms with Gasteiger partial charge in [0.25, 0.3) is 0 Å². The summed E-state index contributed by atoms with van der Waals surface area (Å²) in [6.45, 7) is 2.95. The van der Waals surface area contributed by atoms with E-state index in [-0.39, 0.29) is 24.2 Å². The fourth-order valence-corrected chi connectivity index (χ4v) is 4.18. The zero-order valence-electron chi connectivity index (χ0n) is 17.8. The van der Waals surface area contributed by atoms with Gasteiger partial charge in [-0.05, 0) is 69.2 Å². The molecule has 4 rings (SSSR count). The lowest BCUT2D eigenvalue weighted by Crippen LogP contribution is -2.50. The Morgan fingerprint density at radius 2 is 2.00 bits per heavy atom. The molecule has 0 radical (unpaired) electrons. The van der Waals surface area contributed by atoms with Crippen molar-refractivity contribution in [3.8, 4) is 5.75 Å². The van der Waals surface area contributed by atoms with Gasteiger partial charge >= 0.3 is 0 Å². The molecule has 2 aliphatic rings. The second-order valence-corrected chi connectivity index (χ2v) is 8.27. The molecule has 2 saturated heterocycles. The quantitative estimate of drug-likeness (QED) is 0.784. The SMILES string of the molecule is COc1ccc2nccc(CCC3OCC(NC(=O)C4CCN(C)CC4)CO3)c2c1. The van der Waals surface area contributed by atoms with Crippen molar-refractivity contribution in [3.05, 3.63) is 36.0 Å². The molecule has 1 amide bonds. The van der Waals surface area contributed by atoms with Crippen molar-refractivity contribution in [3.63, 3.8) is 0 Å². The Balaban J connectivity index is 1.25. The summed E-state index contributed by atoms with van der Waals surface area (Å²) >= 11 is 0. The number of piperidine rings is 1. The number of carbonyl (C=O) groups excluding carboxylic acids is 1. The van der Waals surface area contributed by atoms with Crippen molar-refractivity contribution in [1.29, 1.82) is 0 Å². The zero-order chi connectivity index (χ0) is 20.9. The fraction of sp³-hybridized carbons (Fsp3) is 0.565. The number of rotatable bonds is 6. The highest BCUT2D eigenvalue weighted by molar-refractivity contribution is 5.83. The lowest BCUT2D eigenvalue weighted by Gasteiger charge is -2.32. The van der Waals surface area contributed by atoms with Crippen LogP contribution in [-0.4, -0.2) is 68.6 Å². The number of pyridine rings is 1. The van der Waals surface area contributed by atoms with E-state index in [0.29, 0.717) is 13.2 Å². The third-order valence-electron chi connectivity index (χ3n) is 6.09. The summed E-state index contributed by atoms with van der Waals surface area (Å²) in [4.78, 5) is 19.2. The second-order valence-electron chi connectivity index (χ2n) is 8.27. The minimum absolute atomic E-state index is 0.0700. The van der Waals surface area contributed by atoms with Crippen LogP contribution in [0.5, 0.6) is 5.75 Å². The number of aryl methyl sites for hydroxylation is 1. The van der Waals surface area contributed by atoms with E-state index in [4.69, 9.17) is 14.2 Å². The van der Waals surface area contributed by atoms with Crippen LogP contribution >= 0.6 is 0 Å². The minimum Gasteiger partial charge on any atom is -0.497 e. The molecule has 0 bridgehead atoms. The Labute approximate surface area is 177 Å². The topological polar surface area (TPSA) is 72.9 Å². The predicted molar refractivity (Wildman–Crippen MR) is 114 cm³/mol. The molecule has 1 aromatic heterocycles. The number of methoxy groups -OCH3 is 1. The normalized spacial score (nSPS) is 23.4. The van der Waals surface area contributed by atoms with E-state index in [0.717, 1.165) is 55.4 Å². The van der Waals surface area contributed by atoms with Crippen molar-refractivity contribution in [1.82, 2.24) is 15.2 Å². The summed E-state index contributed by atoms with van der Waals surface area (Å²) in [5.41, 5.74) is 2.15. The molecule has 3 heterocycles. The van der Waals surface area contributed by atoms with E-state index in [1.54, 1.807) is 7.11 Å². The molecule has 7 heteroatoms. The van der Waals surface area contributed by atoms with E-state index in [9.17, 15) is 4.79 Å². The highest BCUT2D eigenvalue weighted by Crippen LogP contribution is 2.24. The van der Waals surface area contributed by atoms with Crippen LogP contribution in [-0.2, 0) is 20.7 Å². The van der Waals surface area contributed by atoms with Crippen molar-refractivity contribution in [2.45, 2.75) is 38.0 Å². The van der Waals surface area contributed by atoms with Crippen molar-refractivity contribution in [2.75, 3.05) is 40.5 Å². The molecule has 0 saturated carbocycles. The van der Waals surface area contributed by atoms with Crippen molar-refractivity contribution < 1.29 is 19.0 Å². The Morgan fingerprint density at radius 1 is 1.23 bits per heavy atom. The van der Waals surface area contributed by atoms with Crippen LogP contribution in [0.25, 0.3) is 10.9 Å². The molecule has 1 aromatic carbocycles. The highest BCUT2D eigenvalue weighted by Gasteiger charge is 2.28. The molecular formula is C23H31N3O4. The van der Waals surface area contributed by atoms with Gasteiger partial charge in [-0.1, -0.05) is 0 Å². The summed E-state index contributed by atoms with van der Waals surface area (Å²) in [5.74, 6) is 1.07. The average Bonchev–Trinajstić information content (AvgIpc) is 2.78. The van der Waals surface area contributed by atoms with E-state index >= 15 is 0 Å². The maximum Gasteiger partial charge on any atom is 0.223 e. The van der Waals surface area contributed by atoms with Crippen molar-refractivity contribution >= 4 is 16.8 Å². The highest BCUT2D eigenvalue weighted by atomic mass is 16.7. The average molecular weight is 414 g/mol. The molecule has 2 aliphatic heterocycles. The van der Waals surface area contributed by atoms with E-state index < -0.39 is 0 Å². The number of ether oxygens (including phenoxy) is 3. The van der Waals surface area contributed by atoms with E-state index in [1.807, 2.05) is 30.5 Å². The smallest absolute Gasteiger partial charge is 0.223 e. The molecule has 7 nitrogen and oxygen atoms in total. The van der Waals surface area contributed by atoms with Gasteiger partial charge in [0.1, 0.15) is 5.75 Å². The van der Waals surface area contributed by atoms with Gasteiger partial charge in [-0.2, -0.15) is 0 Å². The van der Waals surface area contributed by atoms with Crippen LogP contribution < -0.4 is 10.1 Å². The summed E-state index contributed by atoms with van der Waals surface area (Å²) in [7, 11) is 3.77. The van der Waals surface area contributed by atoms with Crippen LogP contribution in [0.15, 0.2) is 30.5 Å². The number of hydrogen-bond donors (Lipinski definition) is 1. The molecule has 0 unspecified atom stereocenters. The van der Waals surface area contributed by atoms with Crippen LogP contribution in [0, 0.1) is 5.92 Å². The Bertz CT molecular complexity index is 859. The van der Waals surface area contributed by atoms with Crippen LogP contribution in [0.2, 0.25) is 0 Å². The first-order valence-electron chi connectivity index (χ1n) is 10.8. The van der Waals surface area contributed by atoms with Gasteiger partial charge in [0.2, 0.25) is 5.91 Å². The largest absolute Gasteiger partial charge is 0.497 e. The number of aromatic nitrogens is 1. The summed E-state index contributed by atoms with van der Waals surface area (Å²) in [6, 6.07) is 7.89. The lowest BCUT2D eigenvalue weighted by atomic mass is 9.96. The molecule has 1 N–H and O–H groups in total. The van der Waals surface area contributed by atoms with Gasteiger partial charge in [0.05, 0.1) is 31.9 Å². The molecule has 2 fully saturated rings. The molecule has 2 aromatic rings. The van der Waals surface area contributed by atoms with E-state index in [2.05, 4.69) is 22.2 Å². The number of fused-ring (bicyclic) bond motifs is 1. The standard InChI is InChI=1S/C23H31N3O4/c1-26-11-8-17(9-12-26)23(27)25-18-14-29-22(30-15-18)6-3-16-7-10-24-21-5-4-19(28-2)13-20(16)21/h4-5,7,10,13,17-18,22H,3,6,8-9,11-12,14-15H2,1-2H3,(H,25,27). The third-order valence-corrected chi connectivity index (χ3v) is 6.09. The van der Waals surface area contributed by atoms with Gasteiger partial charge < -0.3 is 24.4 Å². The van der Waals surface area contributed by atoms with Crippen molar-refractivity contribution in [2.24, 2.45) is 5.92 Å². The van der Waals surface area contributed by atoms with Gasteiger partial charge in [0, 0.05) is 23.9 Å². The first-order chi connectivity index (χ1) is 14.6. The number of likely N-dealkylation sites (tertiary alicyclic amines) is 1. The zero-order valence-corrected chi connectivity index (χ0v) is 17.8. The van der Waals surface area contributed by atoms with Gasteiger partial charge in [-0.3, -0.25) is 9.78 Å². The second kappa shape index (κ2) is 9.73. The maximum atomic E-state index is 12.5. The number of amides is 1. The molecule has 30 heavy (non-hydrogen) atoms. The summed E-state index contributed by atoms with van der Waals surface area (Å²) in [5, 5.41) is 4.20. The van der Waals surface area contributed by atoms with E-state index in [1.165, 1.54) is 5.56 Å². The van der Waals surface area contributed by atoms with Gasteiger partial charge in [-0.25, -0.2) is 0 Å². The predicted octanol–water partition coefficient (Wildman–Crippen LogP) is 2.38. The Kier molecular flexibility index (Phi) is 6.82. The number of nitrogens with zero attached hydrogens (tertiary/aromatic N) is 2. The Hall–Kier alpha value is -2.22. The number of benzene rings is 1. The monoisotopic (exact) mass is 413 g/mol. The van der Waals surface area contributed by atoms with Crippen LogP contribution in [0.1, 0.15) is 24.8 Å². The summed E-state index contributed by atoms with van der Waals surface area (Å²) < 4.78 is 17.1. The first-order valence-corrected chi connectivity index (χ1v) is 10.8. The molecule has 0 spiro atoms. The Morgan fingerprint density at radius 3 is 2.73 bits per heavy atom. The number of hydrogen-bond acceptors (Lipinski definition) is 6. The number of carbonyl (C=O) groups is 1. The maximum absolute atomic E-state index is 12.5. The van der Waals surface area contributed by atoms with Gasteiger partial charge in [0.15, 0.2) is 6.29 Å². The lowest BCUT2D eigenvalue weighted by molar-refractivity contribution is -0.193. The molecule has 0 aliphatic carbocycles. The minimum atomic E-state index is -0.254. The van der Waals surface area contributed by atoms with Crippen LogP contribution in [0.3, 0.4) is 0 Å².